The summed E-state index contributed by atoms with van der Waals surface area (Å²) in [7, 11) is -0.238. The van der Waals surface area contributed by atoms with Crippen LogP contribution in [0.1, 0.15) is 66.4 Å². The van der Waals surface area contributed by atoms with Crippen LogP contribution in [0.3, 0.4) is 0 Å². The van der Waals surface area contributed by atoms with E-state index in [1.54, 1.807) is 7.11 Å². The minimum atomic E-state index is -1.92. The van der Waals surface area contributed by atoms with Gasteiger partial charge < -0.3 is 19.0 Å². The van der Waals surface area contributed by atoms with Gasteiger partial charge in [0.15, 0.2) is 8.32 Å². The predicted octanol–water partition coefficient (Wildman–Crippen LogP) is 7.23. The third-order valence-electron chi connectivity index (χ3n) is 7.40. The average molecular weight is 479 g/mol. The number of benzene rings is 1. The van der Waals surface area contributed by atoms with E-state index in [1.165, 1.54) is 0 Å². The predicted molar refractivity (Wildman–Crippen MR) is 142 cm³/mol. The third-order valence-corrected chi connectivity index (χ3v) is 11.9. The summed E-state index contributed by atoms with van der Waals surface area (Å²) in [5.41, 5.74) is 1.14. The zero-order valence-electron chi connectivity index (χ0n) is 22.7. The van der Waals surface area contributed by atoms with Gasteiger partial charge in [-0.2, -0.15) is 0 Å². The van der Waals surface area contributed by atoms with Gasteiger partial charge in [-0.15, -0.1) is 6.58 Å². The molecular weight excluding hydrogens is 428 g/mol. The third kappa shape index (κ3) is 9.20. The van der Waals surface area contributed by atoms with Crippen LogP contribution in [-0.4, -0.2) is 39.3 Å². The van der Waals surface area contributed by atoms with Crippen LogP contribution in [0.15, 0.2) is 36.9 Å². The van der Waals surface area contributed by atoms with Crippen molar-refractivity contribution in [2.24, 2.45) is 17.8 Å². The van der Waals surface area contributed by atoms with Gasteiger partial charge in [0.1, 0.15) is 5.75 Å². The molecule has 33 heavy (non-hydrogen) atoms. The average Bonchev–Trinajstić information content (AvgIpc) is 2.75. The lowest BCUT2D eigenvalue weighted by Crippen LogP contribution is -2.46. The highest BCUT2D eigenvalue weighted by atomic mass is 28.4. The standard InChI is InChI=1S/C28H50O4Si/c1-11-24(12-2)27(31-20-23-13-15-25(30-8)16-14-23)22(4)19-21(3)26(17-18-29)32-33(9,10)28(5,6)7/h11,13-16,21-22,24,26-27,29H,1,12,17-20H2,2-10H3/t21-,22-,24+,26+,27-/m1/s1. The fourth-order valence-electron chi connectivity index (χ4n) is 4.17. The van der Waals surface area contributed by atoms with Gasteiger partial charge in [0.05, 0.1) is 19.8 Å². The molecule has 1 aromatic rings. The highest BCUT2D eigenvalue weighted by Gasteiger charge is 2.40. The number of aliphatic hydroxyl groups is 1. The molecule has 0 fully saturated rings. The summed E-state index contributed by atoms with van der Waals surface area (Å²) < 4.78 is 18.5. The number of methoxy groups -OCH3 is 1. The molecule has 4 nitrogen and oxygen atoms in total. The summed E-state index contributed by atoms with van der Waals surface area (Å²) in [6.07, 6.45) is 4.84. The summed E-state index contributed by atoms with van der Waals surface area (Å²) in [5.74, 6) is 1.82. The number of aliphatic hydroxyl groups excluding tert-OH is 1. The van der Waals surface area contributed by atoms with Crippen molar-refractivity contribution in [3.63, 3.8) is 0 Å². The smallest absolute Gasteiger partial charge is 0.192 e. The van der Waals surface area contributed by atoms with Crippen LogP contribution in [0.25, 0.3) is 0 Å². The molecule has 1 aromatic carbocycles. The molecule has 0 heterocycles. The molecule has 0 aromatic heterocycles. The van der Waals surface area contributed by atoms with Crippen molar-refractivity contribution < 1.29 is 19.0 Å². The molecule has 0 aliphatic heterocycles. The Morgan fingerprint density at radius 2 is 1.70 bits per heavy atom. The minimum Gasteiger partial charge on any atom is -0.497 e. The molecule has 5 atom stereocenters. The van der Waals surface area contributed by atoms with Crippen molar-refractivity contribution in [3.05, 3.63) is 42.5 Å². The van der Waals surface area contributed by atoms with Gasteiger partial charge in [0.2, 0.25) is 0 Å². The van der Waals surface area contributed by atoms with E-state index in [0.29, 0.717) is 30.8 Å². The van der Waals surface area contributed by atoms with Crippen molar-refractivity contribution in [1.29, 1.82) is 0 Å². The molecule has 0 aliphatic carbocycles. The Morgan fingerprint density at radius 3 is 2.15 bits per heavy atom. The molecule has 0 unspecified atom stereocenters. The molecule has 190 valence electrons. The largest absolute Gasteiger partial charge is 0.497 e. The maximum Gasteiger partial charge on any atom is 0.192 e. The lowest BCUT2D eigenvalue weighted by Gasteiger charge is -2.42. The van der Waals surface area contributed by atoms with E-state index in [9.17, 15) is 5.11 Å². The van der Waals surface area contributed by atoms with Gasteiger partial charge in [-0.1, -0.05) is 59.8 Å². The zero-order chi connectivity index (χ0) is 25.2. The van der Waals surface area contributed by atoms with Crippen molar-refractivity contribution in [2.75, 3.05) is 13.7 Å². The Kier molecular flexibility index (Phi) is 12.4. The summed E-state index contributed by atoms with van der Waals surface area (Å²) >= 11 is 0. The van der Waals surface area contributed by atoms with E-state index in [0.717, 1.165) is 24.2 Å². The highest BCUT2D eigenvalue weighted by molar-refractivity contribution is 6.74. The molecule has 0 aliphatic rings. The Labute approximate surface area is 204 Å². The van der Waals surface area contributed by atoms with Crippen molar-refractivity contribution in [3.8, 4) is 5.75 Å². The Hall–Kier alpha value is -1.14. The highest BCUT2D eigenvalue weighted by Crippen LogP contribution is 2.39. The first-order valence-corrected chi connectivity index (χ1v) is 15.5. The maximum atomic E-state index is 9.73. The van der Waals surface area contributed by atoms with Crippen molar-refractivity contribution in [2.45, 2.75) is 97.8 Å². The molecule has 0 saturated carbocycles. The monoisotopic (exact) mass is 478 g/mol. The van der Waals surface area contributed by atoms with Gasteiger partial charge in [0.25, 0.3) is 0 Å². The molecule has 5 heteroatoms. The van der Waals surface area contributed by atoms with Gasteiger partial charge in [-0.25, -0.2) is 0 Å². The molecule has 1 rings (SSSR count). The Morgan fingerprint density at radius 1 is 1.09 bits per heavy atom. The Bertz CT molecular complexity index is 680. The molecule has 0 amide bonds. The minimum absolute atomic E-state index is 0.0596. The van der Waals surface area contributed by atoms with E-state index >= 15 is 0 Å². The molecule has 1 N–H and O–H groups in total. The number of rotatable bonds is 15. The lowest BCUT2D eigenvalue weighted by molar-refractivity contribution is -0.0330. The summed E-state index contributed by atoms with van der Waals surface area (Å²) in [5, 5.41) is 9.87. The second-order valence-corrected chi connectivity index (χ2v) is 15.8. The summed E-state index contributed by atoms with van der Waals surface area (Å²) in [6.45, 7) is 22.9. The number of ether oxygens (including phenoxy) is 2. The number of hydrogen-bond donors (Lipinski definition) is 1. The number of hydrogen-bond acceptors (Lipinski definition) is 4. The van der Waals surface area contributed by atoms with Gasteiger partial charge in [-0.05, 0) is 66.9 Å². The SMILES string of the molecule is C=C[C@@H](CC)[C@H](OCc1ccc(OC)cc1)[C@H](C)C[C@@H](C)[C@H](CCO)O[Si](C)(C)C(C)(C)C. The molecule has 0 spiro atoms. The van der Waals surface area contributed by atoms with E-state index in [4.69, 9.17) is 13.9 Å². The summed E-state index contributed by atoms with van der Waals surface area (Å²) in [6, 6.07) is 8.06. The molecule has 0 saturated heterocycles. The normalized spacial score (nSPS) is 17.2. The van der Waals surface area contributed by atoms with Crippen LogP contribution in [0, 0.1) is 17.8 Å². The summed E-state index contributed by atoms with van der Waals surface area (Å²) in [4.78, 5) is 0. The van der Waals surface area contributed by atoms with Crippen LogP contribution in [0.2, 0.25) is 18.1 Å². The van der Waals surface area contributed by atoms with Crippen LogP contribution in [0.4, 0.5) is 0 Å². The van der Waals surface area contributed by atoms with E-state index < -0.39 is 8.32 Å². The van der Waals surface area contributed by atoms with Gasteiger partial charge in [-0.3, -0.25) is 0 Å². The van der Waals surface area contributed by atoms with Crippen LogP contribution in [-0.2, 0) is 15.8 Å². The van der Waals surface area contributed by atoms with E-state index in [-0.39, 0.29) is 23.9 Å². The molecular formula is C28H50O4Si. The maximum absolute atomic E-state index is 9.73. The first kappa shape index (κ1) is 29.9. The quantitative estimate of drug-likeness (QED) is 0.213. The van der Waals surface area contributed by atoms with Gasteiger partial charge >= 0.3 is 0 Å². The second-order valence-electron chi connectivity index (χ2n) is 11.1. The van der Waals surface area contributed by atoms with Crippen molar-refractivity contribution >= 4 is 8.32 Å². The van der Waals surface area contributed by atoms with Crippen molar-refractivity contribution in [1.82, 2.24) is 0 Å². The van der Waals surface area contributed by atoms with Crippen LogP contribution < -0.4 is 4.74 Å². The fraction of sp³-hybridized carbons (Fsp3) is 0.714. The van der Waals surface area contributed by atoms with Crippen LogP contribution >= 0.6 is 0 Å². The second kappa shape index (κ2) is 13.7. The molecule has 0 bridgehead atoms. The lowest BCUT2D eigenvalue weighted by atomic mass is 9.82. The topological polar surface area (TPSA) is 47.9 Å². The first-order valence-electron chi connectivity index (χ1n) is 12.6. The molecule has 0 radical (unpaired) electrons. The first-order chi connectivity index (χ1) is 15.4. The Balaban J connectivity index is 2.93. The van der Waals surface area contributed by atoms with E-state index in [2.05, 4.69) is 73.3 Å². The zero-order valence-corrected chi connectivity index (χ0v) is 23.7. The van der Waals surface area contributed by atoms with E-state index in [1.807, 2.05) is 18.2 Å². The van der Waals surface area contributed by atoms with Gasteiger partial charge in [0, 0.05) is 18.6 Å². The fourth-order valence-corrected chi connectivity index (χ4v) is 5.63. The van der Waals surface area contributed by atoms with Crippen LogP contribution in [0.5, 0.6) is 5.75 Å².